The third-order valence-electron chi connectivity index (χ3n) is 2.55. The number of aromatic nitrogens is 4. The summed E-state index contributed by atoms with van der Waals surface area (Å²) in [4.78, 5) is 2.29. The van der Waals surface area contributed by atoms with E-state index in [4.69, 9.17) is 12.2 Å². The zero-order valence-corrected chi connectivity index (χ0v) is 9.71. The molecule has 1 N–H and O–H groups in total. The van der Waals surface area contributed by atoms with E-state index in [-0.39, 0.29) is 0 Å². The topological polar surface area (TPSA) is 49.7 Å². The number of hydrogen-bond donors (Lipinski definition) is 1. The third-order valence-corrected chi connectivity index (χ3v) is 2.85. The summed E-state index contributed by atoms with van der Waals surface area (Å²) in [5, 5.41) is 10.1. The Labute approximate surface area is 89.1 Å². The van der Waals surface area contributed by atoms with E-state index in [1.165, 1.54) is 0 Å². The van der Waals surface area contributed by atoms with E-state index in [9.17, 15) is 0 Å². The predicted molar refractivity (Wildman–Crippen MR) is 57.6 cm³/mol. The average molecular weight is 215 g/mol. The average Bonchev–Trinajstić information content (AvgIpc) is 2.59. The van der Waals surface area contributed by atoms with Crippen LogP contribution in [0.25, 0.3) is 0 Å². The first kappa shape index (κ1) is 11.3. The zero-order chi connectivity index (χ0) is 10.6. The summed E-state index contributed by atoms with van der Waals surface area (Å²) in [5.74, 6) is 0. The first-order valence-corrected chi connectivity index (χ1v) is 5.24. The molecule has 0 aliphatic heterocycles. The van der Waals surface area contributed by atoms with Gasteiger partial charge in [-0.15, -0.1) is 0 Å². The molecule has 0 saturated heterocycles. The van der Waals surface area contributed by atoms with Crippen molar-refractivity contribution >= 4 is 12.2 Å². The first-order valence-electron chi connectivity index (χ1n) is 4.83. The van der Waals surface area contributed by atoms with Crippen LogP contribution in [0.5, 0.6) is 0 Å². The molecule has 0 amide bonds. The molecule has 0 saturated carbocycles. The minimum Gasteiger partial charge on any atom is -0.302 e. The van der Waals surface area contributed by atoms with Gasteiger partial charge in [-0.25, -0.2) is 4.68 Å². The molecular weight excluding hydrogens is 198 g/mol. The van der Waals surface area contributed by atoms with Gasteiger partial charge in [-0.05, 0) is 32.6 Å². The van der Waals surface area contributed by atoms with Crippen molar-refractivity contribution in [1.29, 1.82) is 0 Å². The number of hydrogen-bond acceptors (Lipinski definition) is 4. The van der Waals surface area contributed by atoms with Crippen molar-refractivity contribution in [3.63, 3.8) is 0 Å². The fourth-order valence-electron chi connectivity index (χ4n) is 1.15. The van der Waals surface area contributed by atoms with Gasteiger partial charge in [0.05, 0.1) is 6.54 Å². The van der Waals surface area contributed by atoms with Crippen molar-refractivity contribution in [3.05, 3.63) is 4.77 Å². The molecule has 80 valence electrons. The van der Waals surface area contributed by atoms with E-state index >= 15 is 0 Å². The lowest BCUT2D eigenvalue weighted by Crippen LogP contribution is -2.31. The van der Waals surface area contributed by atoms with Crippen LogP contribution in [0.3, 0.4) is 0 Å². The van der Waals surface area contributed by atoms with Crippen molar-refractivity contribution in [3.8, 4) is 0 Å². The van der Waals surface area contributed by atoms with E-state index in [0.29, 0.717) is 10.8 Å². The van der Waals surface area contributed by atoms with Crippen molar-refractivity contribution in [1.82, 2.24) is 25.1 Å². The number of H-pyrrole nitrogens is 1. The Morgan fingerprint density at radius 1 is 1.64 bits per heavy atom. The number of likely N-dealkylation sites (N-methyl/N-ethyl adjacent to an activating group) is 1. The van der Waals surface area contributed by atoms with Crippen molar-refractivity contribution < 1.29 is 0 Å². The largest absolute Gasteiger partial charge is 0.302 e. The molecule has 1 aromatic rings. The molecule has 0 fully saturated rings. The number of aromatic amines is 1. The predicted octanol–water partition coefficient (Wildman–Crippen LogP) is 1.07. The highest BCUT2D eigenvalue weighted by Crippen LogP contribution is 1.99. The second-order valence-corrected chi connectivity index (χ2v) is 3.84. The van der Waals surface area contributed by atoms with Gasteiger partial charge in [0.15, 0.2) is 0 Å². The third kappa shape index (κ3) is 2.88. The summed E-state index contributed by atoms with van der Waals surface area (Å²) in [5.41, 5.74) is 0. The molecule has 0 bridgehead atoms. The molecule has 5 nitrogen and oxygen atoms in total. The fraction of sp³-hybridized carbons (Fsp3) is 0.875. The maximum absolute atomic E-state index is 4.97. The molecule has 0 aliphatic rings. The van der Waals surface area contributed by atoms with Crippen LogP contribution in [-0.2, 0) is 6.54 Å². The maximum Gasteiger partial charge on any atom is 0.238 e. The molecule has 1 unspecified atom stereocenters. The van der Waals surface area contributed by atoms with Gasteiger partial charge in [-0.2, -0.15) is 5.21 Å². The SMILES string of the molecule is CCC(C)N(C)CCn1[nH]nnc1=S. The Bertz CT molecular complexity index is 318. The van der Waals surface area contributed by atoms with Crippen LogP contribution in [0.4, 0.5) is 0 Å². The Morgan fingerprint density at radius 3 is 2.86 bits per heavy atom. The van der Waals surface area contributed by atoms with Crippen LogP contribution < -0.4 is 0 Å². The Hall–Kier alpha value is -0.750. The molecule has 1 atom stereocenters. The summed E-state index contributed by atoms with van der Waals surface area (Å²) >= 11 is 4.97. The lowest BCUT2D eigenvalue weighted by atomic mass is 10.2. The monoisotopic (exact) mass is 215 g/mol. The highest BCUT2D eigenvalue weighted by atomic mass is 32.1. The molecule has 6 heteroatoms. The second-order valence-electron chi connectivity index (χ2n) is 3.47. The normalized spacial score (nSPS) is 13.4. The van der Waals surface area contributed by atoms with Crippen molar-refractivity contribution in [2.75, 3.05) is 13.6 Å². The molecule has 14 heavy (non-hydrogen) atoms. The van der Waals surface area contributed by atoms with E-state index in [1.54, 1.807) is 4.68 Å². The summed E-state index contributed by atoms with van der Waals surface area (Å²) < 4.78 is 2.29. The Morgan fingerprint density at radius 2 is 2.36 bits per heavy atom. The molecule has 0 aromatic carbocycles. The van der Waals surface area contributed by atoms with Crippen LogP contribution >= 0.6 is 12.2 Å². The van der Waals surface area contributed by atoms with Gasteiger partial charge in [-0.1, -0.05) is 17.2 Å². The summed E-state index contributed by atoms with van der Waals surface area (Å²) in [6, 6.07) is 0.597. The van der Waals surface area contributed by atoms with E-state index in [1.807, 2.05) is 0 Å². The Balaban J connectivity index is 2.41. The molecule has 0 radical (unpaired) electrons. The van der Waals surface area contributed by atoms with Gasteiger partial charge < -0.3 is 4.90 Å². The van der Waals surface area contributed by atoms with Crippen molar-refractivity contribution in [2.45, 2.75) is 32.9 Å². The molecular formula is C8H17N5S. The van der Waals surface area contributed by atoms with Crippen LogP contribution in [0.2, 0.25) is 0 Å². The van der Waals surface area contributed by atoms with Gasteiger partial charge in [0.25, 0.3) is 0 Å². The summed E-state index contributed by atoms with van der Waals surface area (Å²) in [7, 11) is 2.11. The number of tetrazole rings is 1. The summed E-state index contributed by atoms with van der Waals surface area (Å²) in [6.07, 6.45) is 1.16. The minimum atomic E-state index is 0.516. The molecule has 1 heterocycles. The van der Waals surface area contributed by atoms with Gasteiger partial charge in [0.1, 0.15) is 0 Å². The van der Waals surface area contributed by atoms with Gasteiger partial charge >= 0.3 is 0 Å². The quantitative estimate of drug-likeness (QED) is 0.746. The minimum absolute atomic E-state index is 0.516. The number of nitrogens with one attached hydrogen (secondary N) is 1. The molecule has 1 aromatic heterocycles. The lowest BCUT2D eigenvalue weighted by molar-refractivity contribution is 0.238. The van der Waals surface area contributed by atoms with E-state index in [0.717, 1.165) is 19.5 Å². The number of rotatable bonds is 5. The zero-order valence-electron chi connectivity index (χ0n) is 8.90. The van der Waals surface area contributed by atoms with Gasteiger partial charge in [0.2, 0.25) is 4.77 Å². The highest BCUT2D eigenvalue weighted by molar-refractivity contribution is 7.71. The smallest absolute Gasteiger partial charge is 0.238 e. The molecule has 1 rings (SSSR count). The van der Waals surface area contributed by atoms with Crippen molar-refractivity contribution in [2.24, 2.45) is 0 Å². The standard InChI is InChI=1S/C8H17N5S/c1-4-7(2)12(3)5-6-13-8(14)9-10-11-13/h7H,4-6H2,1-3H3,(H,9,11,14). The lowest BCUT2D eigenvalue weighted by Gasteiger charge is -2.22. The van der Waals surface area contributed by atoms with Crippen LogP contribution in [0, 0.1) is 4.77 Å². The maximum atomic E-state index is 4.97. The van der Waals surface area contributed by atoms with Crippen LogP contribution in [-0.4, -0.2) is 44.7 Å². The molecule has 0 spiro atoms. The molecule has 0 aliphatic carbocycles. The second kappa shape index (κ2) is 5.21. The van der Waals surface area contributed by atoms with Gasteiger partial charge in [-0.3, -0.25) is 0 Å². The van der Waals surface area contributed by atoms with E-state index in [2.05, 4.69) is 41.3 Å². The van der Waals surface area contributed by atoms with Crippen LogP contribution in [0.1, 0.15) is 20.3 Å². The number of nitrogens with zero attached hydrogens (tertiary/aromatic N) is 4. The Kier molecular flexibility index (Phi) is 4.21. The van der Waals surface area contributed by atoms with Crippen LogP contribution in [0.15, 0.2) is 0 Å². The first-order chi connectivity index (χ1) is 6.65. The highest BCUT2D eigenvalue weighted by Gasteiger charge is 2.06. The fourth-order valence-corrected chi connectivity index (χ4v) is 1.32. The summed E-state index contributed by atoms with van der Waals surface area (Å²) in [6.45, 7) is 6.16. The van der Waals surface area contributed by atoms with E-state index < -0.39 is 0 Å². The van der Waals surface area contributed by atoms with Gasteiger partial charge in [0, 0.05) is 12.6 Å².